The molecule has 0 aliphatic rings. The van der Waals surface area contributed by atoms with Crippen LogP contribution < -0.4 is 19.8 Å². The molecule has 0 N–H and O–H groups in total. The molecule has 40 heavy (non-hydrogen) atoms. The van der Waals surface area contributed by atoms with Gasteiger partial charge in [-0.25, -0.2) is 4.79 Å². The summed E-state index contributed by atoms with van der Waals surface area (Å²) in [5.74, 6) is 1.11. The van der Waals surface area contributed by atoms with Gasteiger partial charge < -0.3 is 18.6 Å². The molecule has 0 aliphatic carbocycles. The Balaban J connectivity index is 2.17. The second-order valence-electron chi connectivity index (χ2n) is 10.7. The SMILES string of the molecule is CC/C=C/CCOc1cccc2c(OC/C=C(\C)CCC=C(C)C)c(OCCCCCCCCCC)c(=O)oc12. The third-order valence-electron chi connectivity index (χ3n) is 6.75. The molecule has 0 unspecified atom stereocenters. The summed E-state index contributed by atoms with van der Waals surface area (Å²) < 4.78 is 24.0. The summed E-state index contributed by atoms with van der Waals surface area (Å²) in [4.78, 5) is 13.1. The van der Waals surface area contributed by atoms with E-state index in [1.165, 1.54) is 49.7 Å². The number of fused-ring (bicyclic) bond motifs is 1. The van der Waals surface area contributed by atoms with Gasteiger partial charge in [0.25, 0.3) is 0 Å². The molecule has 0 aliphatic heterocycles. The Morgan fingerprint density at radius 1 is 0.800 bits per heavy atom. The van der Waals surface area contributed by atoms with E-state index in [0.29, 0.717) is 42.3 Å². The van der Waals surface area contributed by atoms with Crippen molar-refractivity contribution >= 4 is 11.0 Å². The maximum atomic E-state index is 13.1. The van der Waals surface area contributed by atoms with Crippen LogP contribution in [0.15, 0.2) is 62.9 Å². The van der Waals surface area contributed by atoms with Crippen molar-refractivity contribution in [2.24, 2.45) is 0 Å². The second-order valence-corrected chi connectivity index (χ2v) is 10.7. The van der Waals surface area contributed by atoms with E-state index in [1.807, 2.05) is 18.2 Å². The molecule has 2 rings (SSSR count). The highest BCUT2D eigenvalue weighted by Crippen LogP contribution is 2.37. The molecule has 222 valence electrons. The quantitative estimate of drug-likeness (QED) is 0.0876. The monoisotopic (exact) mass is 552 g/mol. The number of para-hydroxylation sites is 1. The summed E-state index contributed by atoms with van der Waals surface area (Å²) in [5.41, 5.74) is 2.43. The number of allylic oxidation sites excluding steroid dienone is 4. The van der Waals surface area contributed by atoms with Crippen LogP contribution in [0.1, 0.15) is 112 Å². The first kappa shape index (κ1) is 33.3. The molecule has 1 aromatic carbocycles. The smallest absolute Gasteiger partial charge is 0.383 e. The number of ether oxygens (including phenoxy) is 3. The van der Waals surface area contributed by atoms with Crippen molar-refractivity contribution in [3.8, 4) is 17.2 Å². The van der Waals surface area contributed by atoms with Gasteiger partial charge in [-0.2, -0.15) is 0 Å². The number of rotatable bonds is 21. The van der Waals surface area contributed by atoms with Gasteiger partial charge >= 0.3 is 5.63 Å². The van der Waals surface area contributed by atoms with Crippen LogP contribution in [0.4, 0.5) is 0 Å². The van der Waals surface area contributed by atoms with Crippen LogP contribution in [-0.2, 0) is 0 Å². The van der Waals surface area contributed by atoms with Gasteiger partial charge in [-0.3, -0.25) is 0 Å². The number of unbranched alkanes of at least 4 members (excludes halogenated alkanes) is 7. The zero-order chi connectivity index (χ0) is 29.0. The van der Waals surface area contributed by atoms with Crippen molar-refractivity contribution in [2.75, 3.05) is 19.8 Å². The summed E-state index contributed by atoms with van der Waals surface area (Å²) in [7, 11) is 0. The van der Waals surface area contributed by atoms with Crippen LogP contribution in [0.3, 0.4) is 0 Å². The highest BCUT2D eigenvalue weighted by Gasteiger charge is 2.20. The van der Waals surface area contributed by atoms with Gasteiger partial charge in [0.05, 0.1) is 18.6 Å². The predicted molar refractivity (Wildman–Crippen MR) is 168 cm³/mol. The fraction of sp³-hybridized carbons (Fsp3) is 0.571. The summed E-state index contributed by atoms with van der Waals surface area (Å²) in [5, 5.41) is 0.683. The summed E-state index contributed by atoms with van der Waals surface area (Å²) in [6.45, 7) is 12.0. The number of benzene rings is 1. The zero-order valence-electron chi connectivity index (χ0n) is 25.7. The Labute approximate surface area is 242 Å². The minimum atomic E-state index is -0.534. The normalized spacial score (nSPS) is 11.8. The minimum absolute atomic E-state index is 0.147. The fourth-order valence-corrected chi connectivity index (χ4v) is 4.42. The standard InChI is InChI=1S/C35H52O5/c1-6-8-10-12-13-14-15-17-26-38-34-33(39-27-24-29(5)21-18-20-28(3)4)30-22-19-23-31(32(30)40-35(34)36)37-25-16-11-9-7-2/h9,11,19-20,22-24H,6-8,10,12-18,21,25-27H2,1-5H3/b11-9+,29-24+. The third kappa shape index (κ3) is 12.5. The highest BCUT2D eigenvalue weighted by molar-refractivity contribution is 5.89. The molecule has 0 spiro atoms. The van der Waals surface area contributed by atoms with Crippen LogP contribution in [0.5, 0.6) is 17.2 Å². The molecule has 0 amide bonds. The maximum absolute atomic E-state index is 13.1. The first-order chi connectivity index (χ1) is 19.5. The molecule has 0 atom stereocenters. The van der Waals surface area contributed by atoms with E-state index < -0.39 is 5.63 Å². The second kappa shape index (κ2) is 20.0. The summed E-state index contributed by atoms with van der Waals surface area (Å²) in [6.07, 6.45) is 21.9. The average Bonchev–Trinajstić information content (AvgIpc) is 2.93. The highest BCUT2D eigenvalue weighted by atomic mass is 16.5. The fourth-order valence-electron chi connectivity index (χ4n) is 4.42. The molecule has 0 saturated carbocycles. The lowest BCUT2D eigenvalue weighted by molar-refractivity contribution is 0.263. The number of hydrogen-bond donors (Lipinski definition) is 0. The summed E-state index contributed by atoms with van der Waals surface area (Å²) in [6, 6.07) is 5.62. The van der Waals surface area contributed by atoms with E-state index in [1.54, 1.807) is 0 Å². The van der Waals surface area contributed by atoms with Gasteiger partial charge in [-0.05, 0) is 71.1 Å². The molecule has 0 bridgehead atoms. The van der Waals surface area contributed by atoms with E-state index in [4.69, 9.17) is 18.6 Å². The van der Waals surface area contributed by atoms with Crippen LogP contribution in [-0.4, -0.2) is 19.8 Å². The zero-order valence-corrected chi connectivity index (χ0v) is 25.7. The first-order valence-corrected chi connectivity index (χ1v) is 15.4. The molecule has 5 heteroatoms. The van der Waals surface area contributed by atoms with E-state index in [-0.39, 0.29) is 5.75 Å². The Hall–Kier alpha value is -2.95. The molecule has 0 saturated heterocycles. The van der Waals surface area contributed by atoms with E-state index >= 15 is 0 Å². The van der Waals surface area contributed by atoms with Crippen LogP contribution in [0, 0.1) is 0 Å². The molecule has 5 nitrogen and oxygen atoms in total. The first-order valence-electron chi connectivity index (χ1n) is 15.4. The molecule has 0 radical (unpaired) electrons. The third-order valence-corrected chi connectivity index (χ3v) is 6.75. The predicted octanol–water partition coefficient (Wildman–Crippen LogP) is 10.1. The minimum Gasteiger partial charge on any atom is -0.489 e. The van der Waals surface area contributed by atoms with Crippen LogP contribution in [0.2, 0.25) is 0 Å². The Morgan fingerprint density at radius 3 is 2.27 bits per heavy atom. The van der Waals surface area contributed by atoms with Crippen LogP contribution in [0.25, 0.3) is 11.0 Å². The Morgan fingerprint density at radius 2 is 1.55 bits per heavy atom. The van der Waals surface area contributed by atoms with Crippen molar-refractivity contribution in [1.82, 2.24) is 0 Å². The van der Waals surface area contributed by atoms with Crippen molar-refractivity contribution in [1.29, 1.82) is 0 Å². The molecular formula is C35H52O5. The Kier molecular flexibility index (Phi) is 16.6. The van der Waals surface area contributed by atoms with Crippen LogP contribution >= 0.6 is 0 Å². The van der Waals surface area contributed by atoms with Crippen molar-refractivity contribution in [3.05, 3.63) is 64.1 Å². The average molecular weight is 553 g/mol. The molecule has 1 aromatic heterocycles. The van der Waals surface area contributed by atoms with Gasteiger partial charge in [0.2, 0.25) is 5.75 Å². The molecular weight excluding hydrogens is 500 g/mol. The van der Waals surface area contributed by atoms with Gasteiger partial charge in [0.15, 0.2) is 17.1 Å². The van der Waals surface area contributed by atoms with Gasteiger partial charge in [0.1, 0.15) is 6.61 Å². The van der Waals surface area contributed by atoms with E-state index in [0.717, 1.165) is 38.5 Å². The van der Waals surface area contributed by atoms with E-state index in [9.17, 15) is 4.79 Å². The maximum Gasteiger partial charge on any atom is 0.383 e. The molecule has 1 heterocycles. The Bertz CT molecular complexity index is 1130. The molecule has 0 fully saturated rings. The van der Waals surface area contributed by atoms with Crippen molar-refractivity contribution in [3.63, 3.8) is 0 Å². The lowest BCUT2D eigenvalue weighted by atomic mass is 10.1. The number of hydrogen-bond acceptors (Lipinski definition) is 5. The van der Waals surface area contributed by atoms with Gasteiger partial charge in [0, 0.05) is 0 Å². The topological polar surface area (TPSA) is 57.9 Å². The van der Waals surface area contributed by atoms with Gasteiger partial charge in [-0.15, -0.1) is 0 Å². The lowest BCUT2D eigenvalue weighted by Crippen LogP contribution is -2.12. The van der Waals surface area contributed by atoms with Crippen molar-refractivity contribution < 1.29 is 18.6 Å². The lowest BCUT2D eigenvalue weighted by Gasteiger charge is -2.15. The summed E-state index contributed by atoms with van der Waals surface area (Å²) >= 11 is 0. The van der Waals surface area contributed by atoms with Gasteiger partial charge in [-0.1, -0.05) is 94.2 Å². The molecule has 2 aromatic rings. The largest absolute Gasteiger partial charge is 0.489 e. The van der Waals surface area contributed by atoms with Crippen molar-refractivity contribution in [2.45, 2.75) is 112 Å². The van der Waals surface area contributed by atoms with E-state index in [2.05, 4.69) is 58.9 Å².